The lowest BCUT2D eigenvalue weighted by molar-refractivity contribution is 0.0171. The number of fused-ring (bicyclic) bond motifs is 1. The molecule has 0 saturated carbocycles. The Morgan fingerprint density at radius 2 is 1.85 bits per heavy atom. The van der Waals surface area contributed by atoms with Gasteiger partial charge < -0.3 is 19.7 Å². The number of ether oxygens (including phenoxy) is 2. The molecule has 1 aromatic heterocycles. The van der Waals surface area contributed by atoms with Gasteiger partial charge in [0.1, 0.15) is 29.5 Å². The fourth-order valence-electron chi connectivity index (χ4n) is 4.54. The Hall–Kier alpha value is -2.93. The molecule has 0 fully saturated rings. The molecule has 0 bridgehead atoms. The Balaban J connectivity index is 1.46. The van der Waals surface area contributed by atoms with Crippen LogP contribution < -0.4 is 14.3 Å². The van der Waals surface area contributed by atoms with Crippen molar-refractivity contribution in [3.05, 3.63) is 67.1 Å². The van der Waals surface area contributed by atoms with Gasteiger partial charge in [-0.1, -0.05) is 51.2 Å². The number of aromatic nitrogens is 1. The number of aromatic amines is 1. The van der Waals surface area contributed by atoms with Gasteiger partial charge in [0.15, 0.2) is 0 Å². The van der Waals surface area contributed by atoms with Crippen LogP contribution in [-0.4, -0.2) is 27.4 Å². The van der Waals surface area contributed by atoms with Crippen molar-refractivity contribution in [2.24, 2.45) is 0 Å². The Kier molecular flexibility index (Phi) is 6.67. The molecule has 0 saturated heterocycles. The third-order valence-corrected chi connectivity index (χ3v) is 7.30. The van der Waals surface area contributed by atoms with Gasteiger partial charge in [-0.15, -0.1) is 0 Å². The molecule has 1 aliphatic heterocycles. The summed E-state index contributed by atoms with van der Waals surface area (Å²) in [6, 6.07) is 9.66. The third-order valence-electron chi connectivity index (χ3n) is 6.43. The highest BCUT2D eigenvalue weighted by molar-refractivity contribution is 7.09. The normalized spacial score (nSPS) is 17.6. The van der Waals surface area contributed by atoms with Crippen molar-refractivity contribution in [2.45, 2.75) is 71.3 Å². The van der Waals surface area contributed by atoms with Crippen LogP contribution in [0.3, 0.4) is 0 Å². The van der Waals surface area contributed by atoms with E-state index in [1.165, 1.54) is 0 Å². The van der Waals surface area contributed by atoms with Crippen molar-refractivity contribution >= 4 is 11.3 Å². The van der Waals surface area contributed by atoms with Crippen LogP contribution in [-0.2, 0) is 12.8 Å². The minimum absolute atomic E-state index is 0.0625. The minimum atomic E-state index is -0.478. The van der Waals surface area contributed by atoms with Crippen molar-refractivity contribution in [3.63, 3.8) is 0 Å². The predicted molar refractivity (Wildman–Crippen MR) is 135 cm³/mol. The number of benzene rings is 2. The molecule has 7 heteroatoms. The monoisotopic (exact) mass is 483 g/mol. The molecule has 1 aliphatic rings. The molecule has 0 radical (unpaired) electrons. The molecule has 2 heterocycles. The fraction of sp³-hybridized carbons (Fsp3) is 0.444. The Morgan fingerprint density at radius 1 is 1.15 bits per heavy atom. The van der Waals surface area contributed by atoms with Crippen LogP contribution in [0, 0.1) is 0 Å². The largest absolute Gasteiger partial charge is 0.507 e. The van der Waals surface area contributed by atoms with Gasteiger partial charge in [0.25, 0.3) is 0 Å². The molecule has 3 N–H and O–H groups in total. The van der Waals surface area contributed by atoms with Gasteiger partial charge in [-0.05, 0) is 55.4 Å². The van der Waals surface area contributed by atoms with Crippen LogP contribution in [0.15, 0.2) is 35.1 Å². The second-order valence-corrected chi connectivity index (χ2v) is 11.0. The molecule has 1 atom stereocenters. The molecular weight excluding hydrogens is 450 g/mol. The maximum atomic E-state index is 11.4. The van der Waals surface area contributed by atoms with E-state index in [0.29, 0.717) is 23.7 Å². The summed E-state index contributed by atoms with van der Waals surface area (Å²) in [5, 5.41) is 20.7. The van der Waals surface area contributed by atoms with E-state index >= 15 is 0 Å². The summed E-state index contributed by atoms with van der Waals surface area (Å²) in [5.41, 5.74) is 3.53. The van der Waals surface area contributed by atoms with Gasteiger partial charge in [-0.2, -0.15) is 0 Å². The lowest BCUT2D eigenvalue weighted by Crippen LogP contribution is -2.42. The van der Waals surface area contributed by atoms with Crippen molar-refractivity contribution in [1.29, 1.82) is 0 Å². The van der Waals surface area contributed by atoms with Crippen LogP contribution in [0.1, 0.15) is 80.0 Å². The topological polar surface area (TPSA) is 91.8 Å². The van der Waals surface area contributed by atoms with E-state index in [1.54, 1.807) is 0 Å². The summed E-state index contributed by atoms with van der Waals surface area (Å²) in [6.07, 6.45) is 2.11. The van der Waals surface area contributed by atoms with E-state index in [-0.39, 0.29) is 22.6 Å². The first-order valence-corrected chi connectivity index (χ1v) is 12.6. The summed E-state index contributed by atoms with van der Waals surface area (Å²) >= 11 is 1.02. The summed E-state index contributed by atoms with van der Waals surface area (Å²) in [5.74, 6) is 2.35. The molecule has 182 valence electrons. The maximum absolute atomic E-state index is 11.4. The first-order chi connectivity index (χ1) is 16.1. The highest BCUT2D eigenvalue weighted by atomic mass is 32.1. The van der Waals surface area contributed by atoms with E-state index in [1.807, 2.05) is 30.3 Å². The molecule has 2 aromatic carbocycles. The van der Waals surface area contributed by atoms with Gasteiger partial charge in [-0.3, -0.25) is 9.78 Å². The number of aromatic hydroxyl groups is 2. The lowest BCUT2D eigenvalue weighted by atomic mass is 9.84. The van der Waals surface area contributed by atoms with Crippen molar-refractivity contribution in [2.75, 3.05) is 6.61 Å². The number of hydrogen-bond donors (Lipinski definition) is 3. The highest BCUT2D eigenvalue weighted by Crippen LogP contribution is 2.45. The van der Waals surface area contributed by atoms with Gasteiger partial charge in [-0.25, -0.2) is 0 Å². The molecular formula is C27H33NO5S. The molecule has 0 aliphatic carbocycles. The Morgan fingerprint density at radius 3 is 2.44 bits per heavy atom. The molecule has 4 rings (SSSR count). The van der Waals surface area contributed by atoms with Crippen LogP contribution in [0.5, 0.6) is 23.1 Å². The second-order valence-electron chi connectivity index (χ2n) is 9.96. The molecule has 0 amide bonds. The number of phenolic OH excluding ortho intramolecular Hbond substituents is 1. The zero-order chi connectivity index (χ0) is 24.6. The average Bonchev–Trinajstić information content (AvgIpc) is 3.09. The van der Waals surface area contributed by atoms with Crippen LogP contribution in [0.2, 0.25) is 0 Å². The summed E-state index contributed by atoms with van der Waals surface area (Å²) in [7, 11) is 0. The standard InChI is InChI=1S/C27H33NO5S/c1-15(2)20-13-21-19(23(16(3)4)24(20)29)10-11-27(5,33-21)14-32-18-8-6-17(7-9-18)12-22-25(30)28-26(31)34-22/h6-9,13,15-16,29-30H,10-12,14H2,1-5H3,(H,28,31). The quantitative estimate of drug-likeness (QED) is 0.392. The first-order valence-electron chi connectivity index (χ1n) is 11.8. The number of phenols is 1. The number of thiazole rings is 1. The molecule has 3 aromatic rings. The van der Waals surface area contributed by atoms with Gasteiger partial charge in [0.05, 0.1) is 4.88 Å². The zero-order valence-electron chi connectivity index (χ0n) is 20.4. The first kappa shape index (κ1) is 24.2. The summed E-state index contributed by atoms with van der Waals surface area (Å²) < 4.78 is 12.6. The van der Waals surface area contributed by atoms with Crippen molar-refractivity contribution in [3.8, 4) is 23.1 Å². The SMILES string of the molecule is CC(C)c1cc2c(c(C(C)C)c1O)CCC(C)(COc1ccc(Cc3sc(=O)[nH]c3O)cc1)O2. The molecule has 34 heavy (non-hydrogen) atoms. The Labute approximate surface area is 204 Å². The molecule has 0 spiro atoms. The molecule has 1 unspecified atom stereocenters. The van der Waals surface area contributed by atoms with Crippen molar-refractivity contribution in [1.82, 2.24) is 4.98 Å². The van der Waals surface area contributed by atoms with Crippen LogP contribution in [0.25, 0.3) is 0 Å². The van der Waals surface area contributed by atoms with E-state index in [4.69, 9.17) is 9.47 Å². The highest BCUT2D eigenvalue weighted by Gasteiger charge is 2.35. The maximum Gasteiger partial charge on any atom is 0.307 e. The van der Waals surface area contributed by atoms with Crippen LogP contribution >= 0.6 is 11.3 Å². The van der Waals surface area contributed by atoms with E-state index in [9.17, 15) is 15.0 Å². The number of hydrogen-bond acceptors (Lipinski definition) is 6. The number of rotatable bonds is 7. The van der Waals surface area contributed by atoms with Gasteiger partial charge in [0, 0.05) is 23.1 Å². The van der Waals surface area contributed by atoms with Gasteiger partial charge >= 0.3 is 4.87 Å². The smallest absolute Gasteiger partial charge is 0.307 e. The summed E-state index contributed by atoms with van der Waals surface area (Å²) in [4.78, 5) is 14.1. The fourth-order valence-corrected chi connectivity index (χ4v) is 5.30. The van der Waals surface area contributed by atoms with E-state index in [2.05, 4.69) is 39.6 Å². The average molecular weight is 484 g/mol. The second kappa shape index (κ2) is 9.37. The zero-order valence-corrected chi connectivity index (χ0v) is 21.2. The van der Waals surface area contributed by atoms with Gasteiger partial charge in [0.2, 0.25) is 5.88 Å². The number of H-pyrrole nitrogens is 1. The van der Waals surface area contributed by atoms with E-state index in [0.717, 1.165) is 57.9 Å². The lowest BCUT2D eigenvalue weighted by Gasteiger charge is -2.37. The molecule has 6 nitrogen and oxygen atoms in total. The predicted octanol–water partition coefficient (Wildman–Crippen LogP) is 5.85. The minimum Gasteiger partial charge on any atom is -0.507 e. The van der Waals surface area contributed by atoms with Crippen molar-refractivity contribution < 1.29 is 19.7 Å². The Bertz CT molecular complexity index is 1230. The third kappa shape index (κ3) is 4.94. The van der Waals surface area contributed by atoms with Crippen LogP contribution in [0.4, 0.5) is 0 Å². The summed E-state index contributed by atoms with van der Waals surface area (Å²) in [6.45, 7) is 10.9. The van der Waals surface area contributed by atoms with E-state index < -0.39 is 5.60 Å². The number of nitrogens with one attached hydrogen (secondary N) is 1.